The molecule has 2 atom stereocenters. The number of nitrogens with zero attached hydrogens (tertiary/aromatic N) is 1. The zero-order valence-electron chi connectivity index (χ0n) is 16.0. The van der Waals surface area contributed by atoms with Crippen LogP contribution in [0.15, 0.2) is 54.6 Å². The summed E-state index contributed by atoms with van der Waals surface area (Å²) in [5.74, 6) is -1.76. The summed E-state index contributed by atoms with van der Waals surface area (Å²) < 4.78 is 0. The first-order valence-corrected chi connectivity index (χ1v) is 10.1. The van der Waals surface area contributed by atoms with Crippen molar-refractivity contribution in [2.45, 2.75) is 25.4 Å². The summed E-state index contributed by atoms with van der Waals surface area (Å²) >= 11 is 4.32. The van der Waals surface area contributed by atoms with Gasteiger partial charge in [0, 0.05) is 18.7 Å². The van der Waals surface area contributed by atoms with E-state index in [-0.39, 0.29) is 24.3 Å². The number of aliphatic carboxylic acids is 1. The fraction of sp³-hybridized carbons (Fsp3) is 0.318. The quantitative estimate of drug-likeness (QED) is 0.607. The van der Waals surface area contributed by atoms with E-state index in [1.807, 2.05) is 54.6 Å². The summed E-state index contributed by atoms with van der Waals surface area (Å²) in [6.45, 7) is -0.187. The van der Waals surface area contributed by atoms with Gasteiger partial charge < -0.3 is 15.3 Å². The summed E-state index contributed by atoms with van der Waals surface area (Å²) in [7, 11) is 0. The van der Waals surface area contributed by atoms with Crippen molar-refractivity contribution in [1.82, 2.24) is 10.2 Å². The molecule has 2 amide bonds. The van der Waals surface area contributed by atoms with E-state index in [0.717, 1.165) is 16.7 Å². The molecule has 0 spiro atoms. The molecule has 0 aliphatic carbocycles. The zero-order valence-corrected chi connectivity index (χ0v) is 16.8. The van der Waals surface area contributed by atoms with Gasteiger partial charge in [0.1, 0.15) is 12.6 Å². The van der Waals surface area contributed by atoms with E-state index in [9.17, 15) is 19.5 Å². The Hall–Kier alpha value is -2.80. The molecule has 0 fully saturated rings. The average Bonchev–Trinajstić information content (AvgIpc) is 2.83. The Morgan fingerprint density at radius 1 is 1.10 bits per heavy atom. The maximum absolute atomic E-state index is 13.0. The number of amides is 2. The maximum Gasteiger partial charge on any atom is 0.323 e. The van der Waals surface area contributed by atoms with Crippen LogP contribution < -0.4 is 5.32 Å². The van der Waals surface area contributed by atoms with E-state index in [2.05, 4.69) is 17.9 Å². The van der Waals surface area contributed by atoms with Crippen molar-refractivity contribution in [3.63, 3.8) is 0 Å². The molecule has 1 aliphatic heterocycles. The maximum atomic E-state index is 13.0. The van der Waals surface area contributed by atoms with E-state index < -0.39 is 18.6 Å². The Morgan fingerprint density at radius 2 is 1.76 bits per heavy atom. The molecule has 0 saturated heterocycles. The van der Waals surface area contributed by atoms with Gasteiger partial charge in [-0.1, -0.05) is 54.6 Å². The molecule has 2 aromatic rings. The molecule has 7 heteroatoms. The van der Waals surface area contributed by atoms with Crippen LogP contribution >= 0.6 is 12.6 Å². The highest BCUT2D eigenvalue weighted by Gasteiger charge is 2.33. The lowest BCUT2D eigenvalue weighted by molar-refractivity contribution is -0.146. The first-order valence-electron chi connectivity index (χ1n) is 9.50. The third-order valence-corrected chi connectivity index (χ3v) is 5.51. The van der Waals surface area contributed by atoms with Crippen molar-refractivity contribution in [3.05, 3.63) is 71.3 Å². The number of hydrogen-bond acceptors (Lipinski definition) is 4. The van der Waals surface area contributed by atoms with Gasteiger partial charge >= 0.3 is 5.97 Å². The van der Waals surface area contributed by atoms with Gasteiger partial charge in [-0.05, 0) is 23.1 Å². The molecule has 29 heavy (non-hydrogen) atoms. The molecule has 2 N–H and O–H groups in total. The molecular weight excluding hydrogens is 388 g/mol. The van der Waals surface area contributed by atoms with Gasteiger partial charge in [-0.3, -0.25) is 14.4 Å². The predicted octanol–water partition coefficient (Wildman–Crippen LogP) is 1.93. The van der Waals surface area contributed by atoms with Crippen LogP contribution in [-0.2, 0) is 33.8 Å². The number of carbonyl (C=O) groups is 3. The Labute approximate surface area is 175 Å². The standard InChI is InChI=1S/C22H24N2O4S/c25-20(26)13-24-12-17-9-5-4-8-16(17)11-19(22(24)28)23-21(27)18(14-29)10-15-6-2-1-3-7-15/h1-9,18-19,29H,10-14H2,(H,23,27)(H,25,26)/t18-,19?/m1/s1. The lowest BCUT2D eigenvalue weighted by Crippen LogP contribution is -2.51. The molecule has 152 valence electrons. The van der Waals surface area contributed by atoms with Crippen molar-refractivity contribution < 1.29 is 19.5 Å². The average molecular weight is 413 g/mol. The summed E-state index contributed by atoms with van der Waals surface area (Å²) in [6.07, 6.45) is 0.855. The second-order valence-corrected chi connectivity index (χ2v) is 7.56. The molecule has 1 unspecified atom stereocenters. The smallest absolute Gasteiger partial charge is 0.323 e. The molecule has 0 saturated carbocycles. The summed E-state index contributed by atoms with van der Waals surface area (Å²) in [4.78, 5) is 38.4. The van der Waals surface area contributed by atoms with E-state index in [0.29, 0.717) is 18.6 Å². The fourth-order valence-corrected chi connectivity index (χ4v) is 3.86. The van der Waals surface area contributed by atoms with Crippen molar-refractivity contribution in [2.75, 3.05) is 12.3 Å². The van der Waals surface area contributed by atoms with Gasteiger partial charge in [-0.2, -0.15) is 12.6 Å². The van der Waals surface area contributed by atoms with E-state index in [4.69, 9.17) is 0 Å². The second-order valence-electron chi connectivity index (χ2n) is 7.19. The first-order chi connectivity index (χ1) is 14.0. The Morgan fingerprint density at radius 3 is 2.41 bits per heavy atom. The number of thiol groups is 1. The Balaban J connectivity index is 1.78. The molecule has 3 rings (SSSR count). The third kappa shape index (κ3) is 5.38. The van der Waals surface area contributed by atoms with Crippen LogP contribution in [0.3, 0.4) is 0 Å². The van der Waals surface area contributed by atoms with Crippen LogP contribution in [-0.4, -0.2) is 46.1 Å². The largest absolute Gasteiger partial charge is 0.480 e. The molecule has 0 radical (unpaired) electrons. The minimum Gasteiger partial charge on any atom is -0.480 e. The number of benzene rings is 2. The molecule has 0 aromatic heterocycles. The highest BCUT2D eigenvalue weighted by Crippen LogP contribution is 2.20. The number of carboxylic acids is 1. The van der Waals surface area contributed by atoms with Gasteiger partial charge in [0.15, 0.2) is 0 Å². The van der Waals surface area contributed by atoms with Gasteiger partial charge in [0.2, 0.25) is 11.8 Å². The number of hydrogen-bond donors (Lipinski definition) is 3. The van der Waals surface area contributed by atoms with Crippen molar-refractivity contribution in [1.29, 1.82) is 0 Å². The SMILES string of the molecule is O=C(O)CN1Cc2ccccc2CC(NC(=O)[C@@H](CS)Cc2ccccc2)C1=O. The van der Waals surface area contributed by atoms with Crippen LogP contribution in [0.1, 0.15) is 16.7 Å². The highest BCUT2D eigenvalue weighted by atomic mass is 32.1. The van der Waals surface area contributed by atoms with Gasteiger partial charge in [0.25, 0.3) is 0 Å². The van der Waals surface area contributed by atoms with E-state index >= 15 is 0 Å². The number of rotatable bonds is 7. The van der Waals surface area contributed by atoms with Crippen molar-refractivity contribution in [3.8, 4) is 0 Å². The zero-order chi connectivity index (χ0) is 20.8. The third-order valence-electron chi connectivity index (χ3n) is 5.07. The Kier molecular flexibility index (Phi) is 6.93. The van der Waals surface area contributed by atoms with Gasteiger partial charge in [-0.15, -0.1) is 0 Å². The lowest BCUT2D eigenvalue weighted by atomic mass is 9.98. The van der Waals surface area contributed by atoms with Gasteiger partial charge in [0.05, 0.1) is 5.92 Å². The summed E-state index contributed by atoms with van der Waals surface area (Å²) in [5, 5.41) is 12.0. The molecule has 1 heterocycles. The number of carbonyl (C=O) groups excluding carboxylic acids is 2. The topological polar surface area (TPSA) is 86.7 Å². The van der Waals surface area contributed by atoms with Crippen molar-refractivity contribution >= 4 is 30.4 Å². The normalized spacial score (nSPS) is 17.2. The van der Waals surface area contributed by atoms with Crippen LogP contribution in [0.4, 0.5) is 0 Å². The predicted molar refractivity (Wildman–Crippen MR) is 113 cm³/mol. The van der Waals surface area contributed by atoms with Crippen LogP contribution in [0, 0.1) is 5.92 Å². The molecule has 2 aromatic carbocycles. The monoisotopic (exact) mass is 412 g/mol. The summed E-state index contributed by atoms with van der Waals surface area (Å²) in [6, 6.07) is 16.4. The fourth-order valence-electron chi connectivity index (χ4n) is 3.56. The first kappa shape index (κ1) is 20.9. The molecule has 0 bridgehead atoms. The molecule has 6 nitrogen and oxygen atoms in total. The lowest BCUT2D eigenvalue weighted by Gasteiger charge is -2.25. The highest BCUT2D eigenvalue weighted by molar-refractivity contribution is 7.80. The second kappa shape index (κ2) is 9.60. The van der Waals surface area contributed by atoms with Gasteiger partial charge in [-0.25, -0.2) is 0 Å². The van der Waals surface area contributed by atoms with E-state index in [1.54, 1.807) is 0 Å². The van der Waals surface area contributed by atoms with Crippen LogP contribution in [0.25, 0.3) is 0 Å². The number of nitrogens with one attached hydrogen (secondary N) is 1. The molecular formula is C22H24N2O4S. The van der Waals surface area contributed by atoms with E-state index in [1.165, 1.54) is 4.90 Å². The minimum absolute atomic E-state index is 0.216. The number of fused-ring (bicyclic) bond motifs is 1. The van der Waals surface area contributed by atoms with Crippen LogP contribution in [0.5, 0.6) is 0 Å². The van der Waals surface area contributed by atoms with Crippen molar-refractivity contribution in [2.24, 2.45) is 5.92 Å². The number of carboxylic acid groups (broad SMARTS) is 1. The Bertz CT molecular complexity index is 887. The summed E-state index contributed by atoms with van der Waals surface area (Å²) in [5.41, 5.74) is 2.85. The molecule has 1 aliphatic rings. The van der Waals surface area contributed by atoms with Crippen LogP contribution in [0.2, 0.25) is 0 Å². The minimum atomic E-state index is -1.08.